The van der Waals surface area contributed by atoms with E-state index in [1.807, 2.05) is 0 Å². The van der Waals surface area contributed by atoms with Crippen molar-refractivity contribution in [2.75, 3.05) is 4.90 Å². The van der Waals surface area contributed by atoms with Crippen LogP contribution in [0, 0.1) is 0 Å². The average molecular weight is 225 g/mol. The molecule has 1 heterocycles. The Kier molecular flexibility index (Phi) is 2.19. The fraction of sp³-hybridized carbons (Fsp3) is 0.375. The number of benzene rings is 1. The highest BCUT2D eigenvalue weighted by atomic mass is 15.2. The molecule has 0 radical (unpaired) electrons. The molecule has 1 aromatic carbocycles. The fourth-order valence-electron chi connectivity index (χ4n) is 3.09. The van der Waals surface area contributed by atoms with Crippen molar-refractivity contribution in [1.29, 1.82) is 0 Å². The minimum atomic E-state index is 0.158. The molecule has 1 aliphatic heterocycles. The minimum Gasteiger partial charge on any atom is -0.359 e. The van der Waals surface area contributed by atoms with Crippen LogP contribution < -0.4 is 4.90 Å². The largest absolute Gasteiger partial charge is 0.359 e. The van der Waals surface area contributed by atoms with Gasteiger partial charge in [0.15, 0.2) is 0 Å². The highest BCUT2D eigenvalue weighted by molar-refractivity contribution is 5.66. The van der Waals surface area contributed by atoms with Gasteiger partial charge < -0.3 is 4.90 Å². The van der Waals surface area contributed by atoms with Crippen molar-refractivity contribution < 1.29 is 0 Å². The predicted molar refractivity (Wildman–Crippen MR) is 73.5 cm³/mol. The molecule has 2 aliphatic rings. The Morgan fingerprint density at radius 1 is 1.00 bits per heavy atom. The van der Waals surface area contributed by atoms with Gasteiger partial charge in [-0.25, -0.2) is 0 Å². The quantitative estimate of drug-likeness (QED) is 0.647. The van der Waals surface area contributed by atoms with Gasteiger partial charge in [0.1, 0.15) is 0 Å². The van der Waals surface area contributed by atoms with Crippen LogP contribution in [0.15, 0.2) is 48.6 Å². The second-order valence-electron chi connectivity index (χ2n) is 5.89. The van der Waals surface area contributed by atoms with Gasteiger partial charge in [0.05, 0.1) is 6.04 Å². The van der Waals surface area contributed by atoms with Crippen LogP contribution in [0.5, 0.6) is 0 Å². The summed E-state index contributed by atoms with van der Waals surface area (Å²) in [6.07, 6.45) is 9.00. The average Bonchev–Trinajstić information content (AvgIpc) is 2.63. The van der Waals surface area contributed by atoms with E-state index in [9.17, 15) is 0 Å². The van der Waals surface area contributed by atoms with Crippen LogP contribution in [-0.2, 0) is 0 Å². The van der Waals surface area contributed by atoms with Crippen LogP contribution in [0.2, 0.25) is 0 Å². The topological polar surface area (TPSA) is 3.24 Å². The Bertz CT molecular complexity index is 490. The molecule has 0 bridgehead atoms. The molecule has 17 heavy (non-hydrogen) atoms. The van der Waals surface area contributed by atoms with E-state index in [1.54, 1.807) is 0 Å². The van der Waals surface area contributed by atoms with Gasteiger partial charge in [0, 0.05) is 17.1 Å². The Labute approximate surface area is 103 Å². The first kappa shape index (κ1) is 10.6. The maximum atomic E-state index is 2.55. The zero-order chi connectivity index (χ0) is 12.0. The molecule has 2 unspecified atom stereocenters. The molecule has 0 saturated heterocycles. The number of hydrogen-bond donors (Lipinski definition) is 0. The Morgan fingerprint density at radius 2 is 1.71 bits per heavy atom. The smallest absolute Gasteiger partial charge is 0.0585 e. The number of rotatable bonds is 0. The number of allylic oxidation sites excluding steroid dienone is 2. The maximum absolute atomic E-state index is 2.55. The van der Waals surface area contributed by atoms with Crippen molar-refractivity contribution in [3.05, 3.63) is 54.1 Å². The lowest BCUT2D eigenvalue weighted by molar-refractivity contribution is 0.473. The van der Waals surface area contributed by atoms with Crippen LogP contribution in [0.4, 0.5) is 5.69 Å². The number of fused-ring (bicyclic) bond motifs is 3. The normalized spacial score (nSPS) is 25.9. The monoisotopic (exact) mass is 225 g/mol. The first-order chi connectivity index (χ1) is 8.09. The summed E-state index contributed by atoms with van der Waals surface area (Å²) >= 11 is 0. The molecular formula is C16H19N. The highest BCUT2D eigenvalue weighted by Crippen LogP contribution is 2.46. The third-order valence-electron chi connectivity index (χ3n) is 3.68. The summed E-state index contributed by atoms with van der Waals surface area (Å²) in [6.45, 7) is 6.87. The van der Waals surface area contributed by atoms with Crippen LogP contribution in [-0.4, -0.2) is 11.6 Å². The third kappa shape index (κ3) is 1.53. The first-order valence-electron chi connectivity index (χ1n) is 6.32. The van der Waals surface area contributed by atoms with Gasteiger partial charge >= 0.3 is 0 Å². The van der Waals surface area contributed by atoms with Crippen LogP contribution >= 0.6 is 0 Å². The van der Waals surface area contributed by atoms with Crippen LogP contribution in [0.3, 0.4) is 0 Å². The van der Waals surface area contributed by atoms with Gasteiger partial charge in [-0.1, -0.05) is 42.5 Å². The molecule has 88 valence electrons. The van der Waals surface area contributed by atoms with Crippen molar-refractivity contribution in [3.8, 4) is 0 Å². The van der Waals surface area contributed by atoms with E-state index in [-0.39, 0.29) is 5.54 Å². The van der Waals surface area contributed by atoms with E-state index in [4.69, 9.17) is 0 Å². The van der Waals surface area contributed by atoms with Gasteiger partial charge in [-0.2, -0.15) is 0 Å². The SMILES string of the molecule is CC(C)(C)N1c2ccccc2C2C=CC=CC21. The highest BCUT2D eigenvalue weighted by Gasteiger charge is 2.40. The molecule has 0 fully saturated rings. The van der Waals surface area contributed by atoms with Crippen molar-refractivity contribution in [3.63, 3.8) is 0 Å². The summed E-state index contributed by atoms with van der Waals surface area (Å²) in [4.78, 5) is 2.55. The van der Waals surface area contributed by atoms with E-state index in [2.05, 4.69) is 74.2 Å². The molecule has 0 aromatic heterocycles. The summed E-state index contributed by atoms with van der Waals surface area (Å²) in [5, 5.41) is 0. The van der Waals surface area contributed by atoms with Crippen molar-refractivity contribution in [1.82, 2.24) is 0 Å². The third-order valence-corrected chi connectivity index (χ3v) is 3.68. The van der Waals surface area contributed by atoms with E-state index >= 15 is 0 Å². The Hall–Kier alpha value is -1.50. The molecule has 2 atom stereocenters. The maximum Gasteiger partial charge on any atom is 0.0585 e. The van der Waals surface area contributed by atoms with Gasteiger partial charge in [0.25, 0.3) is 0 Å². The molecule has 0 spiro atoms. The molecule has 0 N–H and O–H groups in total. The molecule has 1 aromatic rings. The van der Waals surface area contributed by atoms with Crippen molar-refractivity contribution >= 4 is 5.69 Å². The zero-order valence-corrected chi connectivity index (χ0v) is 10.7. The summed E-state index contributed by atoms with van der Waals surface area (Å²) in [7, 11) is 0. The Morgan fingerprint density at radius 3 is 2.47 bits per heavy atom. The summed E-state index contributed by atoms with van der Waals surface area (Å²) < 4.78 is 0. The van der Waals surface area contributed by atoms with E-state index < -0.39 is 0 Å². The molecule has 3 rings (SSSR count). The lowest BCUT2D eigenvalue weighted by Crippen LogP contribution is -2.46. The molecule has 0 saturated carbocycles. The molecule has 0 amide bonds. The van der Waals surface area contributed by atoms with E-state index in [0.717, 1.165) is 0 Å². The summed E-state index contributed by atoms with van der Waals surface area (Å²) in [5.74, 6) is 0.524. The molecule has 1 aliphatic carbocycles. The second kappa shape index (κ2) is 3.49. The van der Waals surface area contributed by atoms with Gasteiger partial charge in [-0.05, 0) is 32.4 Å². The molecule has 1 nitrogen and oxygen atoms in total. The molecule has 1 heteroatoms. The van der Waals surface area contributed by atoms with E-state index in [0.29, 0.717) is 12.0 Å². The van der Waals surface area contributed by atoms with Crippen LogP contribution in [0.1, 0.15) is 32.3 Å². The van der Waals surface area contributed by atoms with Crippen molar-refractivity contribution in [2.24, 2.45) is 0 Å². The number of hydrogen-bond acceptors (Lipinski definition) is 1. The lowest BCUT2D eigenvalue weighted by Gasteiger charge is -2.40. The lowest BCUT2D eigenvalue weighted by atomic mass is 9.91. The standard InChI is InChI=1S/C16H19N/c1-16(2,3)17-14-10-6-4-8-12(14)13-9-5-7-11-15(13)17/h4-12,14H,1-3H3. The van der Waals surface area contributed by atoms with Gasteiger partial charge in [0.2, 0.25) is 0 Å². The molecular weight excluding hydrogens is 206 g/mol. The first-order valence-corrected chi connectivity index (χ1v) is 6.32. The number of para-hydroxylation sites is 1. The number of anilines is 1. The van der Waals surface area contributed by atoms with E-state index in [1.165, 1.54) is 11.3 Å². The fourth-order valence-corrected chi connectivity index (χ4v) is 3.09. The Balaban J connectivity index is 2.17. The summed E-state index contributed by atoms with van der Waals surface area (Å²) in [5.41, 5.74) is 3.02. The van der Waals surface area contributed by atoms with Gasteiger partial charge in [-0.15, -0.1) is 0 Å². The second-order valence-corrected chi connectivity index (χ2v) is 5.89. The predicted octanol–water partition coefficient (Wildman–Crippen LogP) is 3.88. The number of nitrogens with zero attached hydrogens (tertiary/aromatic N) is 1. The van der Waals surface area contributed by atoms with Crippen LogP contribution in [0.25, 0.3) is 0 Å². The minimum absolute atomic E-state index is 0.158. The van der Waals surface area contributed by atoms with Gasteiger partial charge in [-0.3, -0.25) is 0 Å². The zero-order valence-electron chi connectivity index (χ0n) is 10.7. The van der Waals surface area contributed by atoms with Crippen molar-refractivity contribution in [2.45, 2.75) is 38.3 Å². The summed E-state index contributed by atoms with van der Waals surface area (Å²) in [6, 6.07) is 9.29.